The molecule has 0 aliphatic carbocycles. The summed E-state index contributed by atoms with van der Waals surface area (Å²) < 4.78 is 6.04. The summed E-state index contributed by atoms with van der Waals surface area (Å²) in [6.45, 7) is 4.46. The Hall–Kier alpha value is -0.130. The molecular weight excluding hydrogens is 316 g/mol. The highest BCUT2D eigenvalue weighted by molar-refractivity contribution is 9.10. The molecule has 0 saturated carbocycles. The molecule has 0 fully saturated rings. The number of ether oxygens (including phenoxy) is 1. The summed E-state index contributed by atoms with van der Waals surface area (Å²) in [6, 6.07) is 5.96. The molecule has 18 heavy (non-hydrogen) atoms. The SMILES string of the molecule is COCCN(C)CCNCc1ccc(Br)cc1Cl. The molecule has 0 aliphatic heterocycles. The molecule has 0 bridgehead atoms. The van der Waals surface area contributed by atoms with Gasteiger partial charge in [-0.05, 0) is 24.7 Å². The molecule has 3 nitrogen and oxygen atoms in total. The molecule has 0 aliphatic rings. The van der Waals surface area contributed by atoms with Gasteiger partial charge in [0.05, 0.1) is 6.61 Å². The standard InChI is InChI=1S/C13H20BrClN2O/c1-17(7-8-18-2)6-5-16-10-11-3-4-12(14)9-13(11)15/h3-4,9,16H,5-8,10H2,1-2H3. The van der Waals surface area contributed by atoms with Crippen LogP contribution < -0.4 is 5.32 Å². The van der Waals surface area contributed by atoms with E-state index in [1.54, 1.807) is 7.11 Å². The van der Waals surface area contributed by atoms with Crippen LogP contribution in [0.3, 0.4) is 0 Å². The van der Waals surface area contributed by atoms with E-state index in [1.165, 1.54) is 0 Å². The minimum Gasteiger partial charge on any atom is -0.383 e. The zero-order valence-electron chi connectivity index (χ0n) is 10.9. The summed E-state index contributed by atoms with van der Waals surface area (Å²) in [5.74, 6) is 0. The third-order valence-corrected chi connectivity index (χ3v) is 3.52. The second kappa shape index (κ2) is 8.88. The minimum absolute atomic E-state index is 0.773. The van der Waals surface area contributed by atoms with E-state index in [-0.39, 0.29) is 0 Å². The molecule has 0 atom stereocenters. The van der Waals surface area contributed by atoms with Crippen molar-refractivity contribution in [1.82, 2.24) is 10.2 Å². The van der Waals surface area contributed by atoms with Crippen LogP contribution in [0.1, 0.15) is 5.56 Å². The highest BCUT2D eigenvalue weighted by atomic mass is 79.9. The van der Waals surface area contributed by atoms with E-state index in [0.29, 0.717) is 0 Å². The third kappa shape index (κ3) is 6.16. The summed E-state index contributed by atoms with van der Waals surface area (Å²) >= 11 is 9.54. The van der Waals surface area contributed by atoms with Gasteiger partial charge in [0.15, 0.2) is 0 Å². The monoisotopic (exact) mass is 334 g/mol. The Balaban J connectivity index is 2.21. The Morgan fingerprint density at radius 2 is 2.17 bits per heavy atom. The lowest BCUT2D eigenvalue weighted by molar-refractivity contribution is 0.161. The Kier molecular flexibility index (Phi) is 7.86. The van der Waals surface area contributed by atoms with E-state index >= 15 is 0 Å². The summed E-state index contributed by atoms with van der Waals surface area (Å²) in [6.07, 6.45) is 0. The van der Waals surface area contributed by atoms with E-state index in [9.17, 15) is 0 Å². The predicted octanol–water partition coefficient (Wildman–Crippen LogP) is 2.77. The van der Waals surface area contributed by atoms with E-state index in [0.717, 1.165) is 47.8 Å². The normalized spacial score (nSPS) is 11.2. The van der Waals surface area contributed by atoms with Crippen molar-refractivity contribution in [3.8, 4) is 0 Å². The Labute approximate surface area is 123 Å². The first kappa shape index (κ1) is 15.9. The maximum Gasteiger partial charge on any atom is 0.0589 e. The highest BCUT2D eigenvalue weighted by Crippen LogP contribution is 2.20. The zero-order valence-corrected chi connectivity index (χ0v) is 13.2. The fraction of sp³-hybridized carbons (Fsp3) is 0.538. The van der Waals surface area contributed by atoms with E-state index in [4.69, 9.17) is 16.3 Å². The van der Waals surface area contributed by atoms with Crippen LogP contribution in [0.5, 0.6) is 0 Å². The maximum absolute atomic E-state index is 6.14. The van der Waals surface area contributed by atoms with Gasteiger partial charge >= 0.3 is 0 Å². The molecule has 0 aromatic heterocycles. The number of benzene rings is 1. The van der Waals surface area contributed by atoms with Gasteiger partial charge in [-0.3, -0.25) is 0 Å². The van der Waals surface area contributed by atoms with Crippen LogP contribution in [0.4, 0.5) is 0 Å². The van der Waals surface area contributed by atoms with Crippen molar-refractivity contribution in [3.63, 3.8) is 0 Å². The zero-order chi connectivity index (χ0) is 13.4. The van der Waals surface area contributed by atoms with Gasteiger partial charge in [0.25, 0.3) is 0 Å². The molecule has 1 N–H and O–H groups in total. The van der Waals surface area contributed by atoms with Gasteiger partial charge in [0.1, 0.15) is 0 Å². The van der Waals surface area contributed by atoms with Gasteiger partial charge in [-0.2, -0.15) is 0 Å². The van der Waals surface area contributed by atoms with Gasteiger partial charge < -0.3 is 15.0 Å². The van der Waals surface area contributed by atoms with Crippen molar-refractivity contribution in [2.45, 2.75) is 6.54 Å². The molecular formula is C13H20BrClN2O. The number of nitrogens with zero attached hydrogens (tertiary/aromatic N) is 1. The Morgan fingerprint density at radius 3 is 2.83 bits per heavy atom. The molecule has 0 amide bonds. The molecule has 1 aromatic rings. The number of hydrogen-bond donors (Lipinski definition) is 1. The smallest absolute Gasteiger partial charge is 0.0589 e. The Bertz CT molecular complexity index is 363. The average Bonchev–Trinajstić information content (AvgIpc) is 2.34. The molecule has 0 saturated heterocycles. The van der Waals surface area contributed by atoms with Crippen LogP contribution in [0.25, 0.3) is 0 Å². The second-order valence-electron chi connectivity index (χ2n) is 4.21. The summed E-state index contributed by atoms with van der Waals surface area (Å²) in [7, 11) is 3.81. The fourth-order valence-corrected chi connectivity index (χ4v) is 2.26. The molecule has 1 rings (SSSR count). The number of methoxy groups -OCH3 is 1. The maximum atomic E-state index is 6.14. The van der Waals surface area contributed by atoms with Crippen LogP contribution in [-0.4, -0.2) is 45.3 Å². The first-order valence-corrected chi connectivity index (χ1v) is 7.12. The van der Waals surface area contributed by atoms with Gasteiger partial charge in [-0.25, -0.2) is 0 Å². The highest BCUT2D eigenvalue weighted by Gasteiger charge is 2.01. The van der Waals surface area contributed by atoms with Crippen LogP contribution in [0.15, 0.2) is 22.7 Å². The third-order valence-electron chi connectivity index (χ3n) is 2.68. The van der Waals surface area contributed by atoms with Crippen LogP contribution >= 0.6 is 27.5 Å². The largest absolute Gasteiger partial charge is 0.383 e. The summed E-state index contributed by atoms with van der Waals surface area (Å²) in [5.41, 5.74) is 1.12. The summed E-state index contributed by atoms with van der Waals surface area (Å²) in [4.78, 5) is 2.24. The molecule has 102 valence electrons. The lowest BCUT2D eigenvalue weighted by Crippen LogP contribution is -2.31. The van der Waals surface area contributed by atoms with E-state index in [2.05, 4.69) is 33.2 Å². The number of halogens is 2. The van der Waals surface area contributed by atoms with Crippen LogP contribution in [-0.2, 0) is 11.3 Å². The molecule has 5 heteroatoms. The first-order valence-electron chi connectivity index (χ1n) is 5.95. The van der Waals surface area contributed by atoms with Gasteiger partial charge in [-0.15, -0.1) is 0 Å². The number of likely N-dealkylation sites (N-methyl/N-ethyl adjacent to an activating group) is 1. The van der Waals surface area contributed by atoms with E-state index < -0.39 is 0 Å². The van der Waals surface area contributed by atoms with Crippen molar-refractivity contribution in [2.24, 2.45) is 0 Å². The topological polar surface area (TPSA) is 24.5 Å². The van der Waals surface area contributed by atoms with Crippen molar-refractivity contribution >= 4 is 27.5 Å². The van der Waals surface area contributed by atoms with Crippen molar-refractivity contribution < 1.29 is 4.74 Å². The first-order chi connectivity index (χ1) is 8.63. The van der Waals surface area contributed by atoms with Crippen LogP contribution in [0.2, 0.25) is 5.02 Å². The van der Waals surface area contributed by atoms with Gasteiger partial charge in [-0.1, -0.05) is 33.6 Å². The lowest BCUT2D eigenvalue weighted by atomic mass is 10.2. The lowest BCUT2D eigenvalue weighted by Gasteiger charge is -2.16. The molecule has 0 heterocycles. The fourth-order valence-electron chi connectivity index (χ4n) is 1.52. The number of rotatable bonds is 8. The van der Waals surface area contributed by atoms with Gasteiger partial charge in [0.2, 0.25) is 0 Å². The Morgan fingerprint density at radius 1 is 1.39 bits per heavy atom. The molecule has 0 radical (unpaired) electrons. The molecule has 0 spiro atoms. The minimum atomic E-state index is 0.773. The average molecular weight is 336 g/mol. The van der Waals surface area contributed by atoms with Gasteiger partial charge in [0, 0.05) is 42.8 Å². The molecule has 0 unspecified atom stereocenters. The molecule has 1 aromatic carbocycles. The second-order valence-corrected chi connectivity index (χ2v) is 5.53. The van der Waals surface area contributed by atoms with Crippen molar-refractivity contribution in [3.05, 3.63) is 33.3 Å². The predicted molar refractivity (Wildman–Crippen MR) is 80.2 cm³/mol. The van der Waals surface area contributed by atoms with E-state index in [1.807, 2.05) is 18.2 Å². The summed E-state index contributed by atoms with van der Waals surface area (Å²) in [5, 5.41) is 4.18. The quantitative estimate of drug-likeness (QED) is 0.739. The van der Waals surface area contributed by atoms with Crippen molar-refractivity contribution in [2.75, 3.05) is 40.4 Å². The van der Waals surface area contributed by atoms with Crippen molar-refractivity contribution in [1.29, 1.82) is 0 Å². The number of nitrogens with one attached hydrogen (secondary N) is 1. The number of hydrogen-bond acceptors (Lipinski definition) is 3. The van der Waals surface area contributed by atoms with Crippen LogP contribution in [0, 0.1) is 0 Å².